The molecule has 1 fully saturated rings. The molecule has 0 aliphatic heterocycles. The van der Waals surface area contributed by atoms with Crippen LogP contribution in [0.4, 0.5) is 0 Å². The number of aryl methyl sites for hydroxylation is 1. The Hall–Kier alpha value is -1.51. The van der Waals surface area contributed by atoms with Gasteiger partial charge in [0.2, 0.25) is 0 Å². The molecule has 6 nitrogen and oxygen atoms in total. The Morgan fingerprint density at radius 2 is 1.67 bits per heavy atom. The average Bonchev–Trinajstić information content (AvgIpc) is 3.27. The van der Waals surface area contributed by atoms with Gasteiger partial charge >= 0.3 is 5.97 Å². The van der Waals surface area contributed by atoms with Gasteiger partial charge in [0.05, 0.1) is 40.0 Å². The van der Waals surface area contributed by atoms with Crippen molar-refractivity contribution in [2.75, 3.05) is 28.3 Å². The predicted octanol–water partition coefficient (Wildman–Crippen LogP) is 6.44. The van der Waals surface area contributed by atoms with E-state index in [9.17, 15) is 14.7 Å². The first-order chi connectivity index (χ1) is 22.5. The Labute approximate surface area is 307 Å². The molecule has 1 N–H and O–H groups in total. The van der Waals surface area contributed by atoms with Gasteiger partial charge in [-0.3, -0.25) is 9.59 Å². The van der Waals surface area contributed by atoms with Crippen LogP contribution in [0.15, 0.2) is 36.4 Å². The zero-order chi connectivity index (χ0) is 36.0. The number of ketones is 1. The zero-order valence-electron chi connectivity index (χ0n) is 32.9. The summed E-state index contributed by atoms with van der Waals surface area (Å²) in [5.74, 6) is 0.329. The number of benzene rings is 1. The molecule has 0 saturated heterocycles. The fourth-order valence-corrected chi connectivity index (χ4v) is 12.6. The van der Waals surface area contributed by atoms with Crippen LogP contribution in [0.3, 0.4) is 0 Å². The summed E-state index contributed by atoms with van der Waals surface area (Å²) in [5, 5.41) is 10.9. The summed E-state index contributed by atoms with van der Waals surface area (Å²) in [7, 11) is 5.94. The Kier molecular flexibility index (Phi) is 20.2. The van der Waals surface area contributed by atoms with E-state index in [1.807, 2.05) is 0 Å². The molecule has 1 aliphatic rings. The summed E-state index contributed by atoms with van der Waals surface area (Å²) < 4.78 is 13.3. The molecule has 1 aliphatic carbocycles. The highest BCUT2D eigenvalue weighted by Gasteiger charge is 2.44. The second-order valence-electron chi connectivity index (χ2n) is 16.8. The van der Waals surface area contributed by atoms with Crippen LogP contribution < -0.4 is 12.4 Å². The largest absolute Gasteiger partial charge is 1.00 e. The molecular weight excluding hydrogens is 650 g/mol. The quantitative estimate of drug-likeness (QED) is 0.0463. The van der Waals surface area contributed by atoms with E-state index in [4.69, 9.17) is 9.16 Å². The zero-order valence-corrected chi connectivity index (χ0v) is 34.6. The van der Waals surface area contributed by atoms with Gasteiger partial charge in [0, 0.05) is 30.2 Å². The highest BCUT2D eigenvalue weighted by Crippen LogP contribution is 2.41. The van der Waals surface area contributed by atoms with Crippen molar-refractivity contribution in [3.05, 3.63) is 47.5 Å². The van der Waals surface area contributed by atoms with Crippen LogP contribution in [0, 0.1) is 17.8 Å². The number of Topliss-reactive ketones (excluding diaryl/α,β-unsaturated/α-hetero) is 1. The number of nitrogens with zero attached hydrogens (tertiary/aromatic N) is 1. The van der Waals surface area contributed by atoms with Crippen molar-refractivity contribution in [1.82, 2.24) is 0 Å². The summed E-state index contributed by atoms with van der Waals surface area (Å²) >= 11 is 0. The van der Waals surface area contributed by atoms with Gasteiger partial charge in [0.15, 0.2) is 8.32 Å². The van der Waals surface area contributed by atoms with Gasteiger partial charge in [-0.25, -0.2) is 0 Å². The lowest BCUT2D eigenvalue weighted by molar-refractivity contribution is -0.884. The number of esters is 1. The molecule has 0 spiro atoms. The molecule has 1 saturated carbocycles. The summed E-state index contributed by atoms with van der Waals surface area (Å²) in [6.45, 7) is 15.0. The minimum atomic E-state index is -2.18. The Morgan fingerprint density at radius 1 is 1.04 bits per heavy atom. The van der Waals surface area contributed by atoms with Gasteiger partial charge < -0.3 is 31.2 Å². The van der Waals surface area contributed by atoms with Gasteiger partial charge in [-0.05, 0) is 68.1 Å². The van der Waals surface area contributed by atoms with Crippen molar-refractivity contribution >= 4 is 20.1 Å². The molecule has 282 valence electrons. The van der Waals surface area contributed by atoms with Gasteiger partial charge in [-0.15, -0.1) is 0 Å². The summed E-state index contributed by atoms with van der Waals surface area (Å²) in [5.41, 5.74) is 2.99. The molecule has 0 amide bonds. The van der Waals surface area contributed by atoms with Crippen LogP contribution in [-0.4, -0.2) is 69.6 Å². The standard InChI is InChI=1S/C41H72NO5Si.ClH/c1-11-12-26-41(6,27-17-19-37-36(38(43)29-39(37)44)18-15-13-14-16-20-40(45)46-10)47-48(33(4)5,31-32(2)3)28-25-34-21-23-35(24-22-34)30-42(7,8)9;/h17,19,21-24,32-33,36-37,39,44H,11-16,18,20,25-31H2,1-10H3;1H/q+1;/p-1/b19-17+;/t36-,37-,39-,41?,48?;/m1./s1. The lowest BCUT2D eigenvalue weighted by atomic mass is 9.87. The SMILES string of the molecule is CCCCC(C)(C/C=C/[C@H]1[C@H](O)CC(=O)[C@@H]1CCCCCCC(=O)OC)O[Si](CCc1ccc(C[N+](C)(C)C)cc1)(CC(C)C)C(C)C.[Cl-]. The van der Waals surface area contributed by atoms with E-state index in [1.165, 1.54) is 18.2 Å². The number of quaternary nitrogens is 1. The van der Waals surface area contributed by atoms with E-state index in [1.54, 1.807) is 0 Å². The molecule has 2 unspecified atom stereocenters. The normalized spacial score (nSPS) is 20.8. The number of rotatable bonds is 23. The summed E-state index contributed by atoms with van der Waals surface area (Å²) in [4.78, 5) is 24.3. The van der Waals surface area contributed by atoms with Crippen LogP contribution in [0.25, 0.3) is 0 Å². The maximum Gasteiger partial charge on any atom is 0.305 e. The molecule has 0 radical (unpaired) electrons. The number of ether oxygens (including phenoxy) is 1. The first kappa shape index (κ1) is 45.5. The van der Waals surface area contributed by atoms with Crippen LogP contribution >= 0.6 is 0 Å². The number of aliphatic hydroxyl groups excluding tert-OH is 1. The van der Waals surface area contributed by atoms with E-state index in [0.29, 0.717) is 17.9 Å². The second-order valence-corrected chi connectivity index (χ2v) is 21.2. The van der Waals surface area contributed by atoms with Crippen LogP contribution in [0.1, 0.15) is 123 Å². The highest BCUT2D eigenvalue weighted by atomic mass is 35.5. The molecular formula is C41H72ClNO5Si. The van der Waals surface area contributed by atoms with E-state index >= 15 is 0 Å². The number of carbonyl (C=O) groups is 2. The minimum absolute atomic E-state index is 0. The molecule has 0 heterocycles. The minimum Gasteiger partial charge on any atom is -1.00 e. The third-order valence-electron chi connectivity index (χ3n) is 10.3. The number of aliphatic hydroxyl groups is 1. The second kappa shape index (κ2) is 21.8. The van der Waals surface area contributed by atoms with Crippen LogP contribution in [0.5, 0.6) is 0 Å². The maximum absolute atomic E-state index is 12.9. The van der Waals surface area contributed by atoms with E-state index < -0.39 is 14.4 Å². The van der Waals surface area contributed by atoms with Crippen molar-refractivity contribution < 1.29 is 40.7 Å². The fourth-order valence-electron chi connectivity index (χ4n) is 7.64. The molecule has 1 aromatic rings. The van der Waals surface area contributed by atoms with Crippen molar-refractivity contribution in [3.8, 4) is 0 Å². The lowest BCUT2D eigenvalue weighted by Crippen LogP contribution is -3.00. The number of unbranched alkanes of at least 4 members (excludes halogenated alkanes) is 4. The molecule has 5 atom stereocenters. The monoisotopic (exact) mass is 721 g/mol. The van der Waals surface area contributed by atoms with E-state index in [2.05, 4.69) is 99.1 Å². The van der Waals surface area contributed by atoms with Crippen LogP contribution in [-0.2, 0) is 31.7 Å². The molecule has 8 heteroatoms. The average molecular weight is 723 g/mol. The lowest BCUT2D eigenvalue weighted by Gasteiger charge is -2.45. The number of halogens is 1. The molecule has 0 aromatic heterocycles. The number of hydrogen-bond acceptors (Lipinski definition) is 5. The third kappa shape index (κ3) is 16.1. The summed E-state index contributed by atoms with van der Waals surface area (Å²) in [6.07, 6.45) is 14.0. The van der Waals surface area contributed by atoms with Gasteiger partial charge in [-0.1, -0.05) is 103 Å². The van der Waals surface area contributed by atoms with Crippen molar-refractivity contribution in [3.63, 3.8) is 0 Å². The predicted molar refractivity (Wildman–Crippen MR) is 202 cm³/mol. The topological polar surface area (TPSA) is 72.8 Å². The van der Waals surface area contributed by atoms with Gasteiger partial charge in [-0.2, -0.15) is 0 Å². The highest BCUT2D eigenvalue weighted by molar-refractivity contribution is 6.75. The molecule has 49 heavy (non-hydrogen) atoms. The van der Waals surface area contributed by atoms with Crippen molar-refractivity contribution in [2.24, 2.45) is 17.8 Å². The van der Waals surface area contributed by atoms with E-state index in [0.717, 1.165) is 87.3 Å². The smallest absolute Gasteiger partial charge is 0.305 e. The van der Waals surface area contributed by atoms with Crippen molar-refractivity contribution in [2.45, 2.75) is 154 Å². The maximum atomic E-state index is 12.9. The molecule has 1 aromatic carbocycles. The molecule has 2 rings (SSSR count). The first-order valence-electron chi connectivity index (χ1n) is 19.1. The number of hydrogen-bond donors (Lipinski definition) is 1. The third-order valence-corrected chi connectivity index (χ3v) is 16.0. The Balaban J connectivity index is 0.0000120. The Morgan fingerprint density at radius 3 is 2.24 bits per heavy atom. The van der Waals surface area contributed by atoms with Crippen molar-refractivity contribution in [1.29, 1.82) is 0 Å². The number of carbonyl (C=O) groups excluding carboxylic acids is 2. The first-order valence-corrected chi connectivity index (χ1v) is 21.5. The summed E-state index contributed by atoms with van der Waals surface area (Å²) in [6, 6.07) is 11.5. The Bertz CT molecular complexity index is 1130. The number of methoxy groups -OCH3 is 1. The van der Waals surface area contributed by atoms with Gasteiger partial charge in [0.25, 0.3) is 0 Å². The fraction of sp³-hybridized carbons (Fsp3) is 0.756. The molecule has 0 bridgehead atoms. The van der Waals surface area contributed by atoms with Crippen LogP contribution in [0.2, 0.25) is 17.6 Å². The van der Waals surface area contributed by atoms with Gasteiger partial charge in [0.1, 0.15) is 12.3 Å². The van der Waals surface area contributed by atoms with E-state index in [-0.39, 0.29) is 48.0 Å².